The molecule has 3 heterocycles. The Morgan fingerprint density at radius 2 is 1.97 bits per heavy atom. The Kier molecular flexibility index (Phi) is 8.66. The number of fused-ring (bicyclic) bond motifs is 1. The summed E-state index contributed by atoms with van der Waals surface area (Å²) >= 11 is 0. The van der Waals surface area contributed by atoms with Gasteiger partial charge in [-0.15, -0.1) is 0 Å². The number of aromatic nitrogens is 2. The van der Waals surface area contributed by atoms with E-state index < -0.39 is 12.1 Å². The molecule has 3 amide bonds. The molecular formula is C26H33N5O4. The maximum Gasteiger partial charge on any atom is 0.317 e. The number of carbonyl (C=O) groups excluding carboxylic acids is 2. The Morgan fingerprint density at radius 1 is 1.29 bits per heavy atom. The number of likely N-dealkylation sites (N-methyl/N-ethyl adjacent to an activating group) is 1. The summed E-state index contributed by atoms with van der Waals surface area (Å²) in [5, 5.41) is 12.7. The molecule has 35 heavy (non-hydrogen) atoms. The molecular weight excluding hydrogens is 446 g/mol. The molecule has 0 unspecified atom stereocenters. The van der Waals surface area contributed by atoms with Crippen LogP contribution >= 0.6 is 0 Å². The highest BCUT2D eigenvalue weighted by molar-refractivity contribution is 5.97. The summed E-state index contributed by atoms with van der Waals surface area (Å²) in [4.78, 5) is 37.6. The third-order valence-corrected chi connectivity index (χ3v) is 5.77. The van der Waals surface area contributed by atoms with Gasteiger partial charge in [-0.2, -0.15) is 0 Å². The van der Waals surface area contributed by atoms with Crippen LogP contribution in [0.2, 0.25) is 0 Å². The second-order valence-corrected chi connectivity index (χ2v) is 9.17. The number of nitrogens with zero attached hydrogens (tertiary/aromatic N) is 4. The second-order valence-electron chi connectivity index (χ2n) is 9.17. The highest BCUT2D eigenvalue weighted by Crippen LogP contribution is 2.27. The van der Waals surface area contributed by atoms with Gasteiger partial charge in [-0.3, -0.25) is 9.78 Å². The third-order valence-electron chi connectivity index (χ3n) is 5.77. The fourth-order valence-electron chi connectivity index (χ4n) is 3.68. The first-order valence-corrected chi connectivity index (χ1v) is 11.7. The number of amides is 3. The largest absolute Gasteiger partial charge is 0.472 e. The number of urea groups is 1. The minimum absolute atomic E-state index is 0.00761. The highest BCUT2D eigenvalue weighted by Gasteiger charge is 2.34. The molecule has 0 aliphatic carbocycles. The van der Waals surface area contributed by atoms with Crippen LogP contribution in [-0.4, -0.2) is 81.7 Å². The zero-order valence-corrected chi connectivity index (χ0v) is 20.9. The number of aliphatic hydroxyl groups is 1. The van der Waals surface area contributed by atoms with Gasteiger partial charge in [0.15, 0.2) is 0 Å². The van der Waals surface area contributed by atoms with Crippen LogP contribution in [0.5, 0.6) is 5.88 Å². The topological polar surface area (TPSA) is 108 Å². The first-order valence-electron chi connectivity index (χ1n) is 11.7. The van der Waals surface area contributed by atoms with E-state index in [-0.39, 0.29) is 41.9 Å². The molecule has 2 N–H and O–H groups in total. The average molecular weight is 480 g/mol. The van der Waals surface area contributed by atoms with Gasteiger partial charge >= 0.3 is 6.03 Å². The molecule has 0 saturated carbocycles. The molecule has 0 radical (unpaired) electrons. The van der Waals surface area contributed by atoms with E-state index in [4.69, 9.17) is 4.74 Å². The summed E-state index contributed by atoms with van der Waals surface area (Å²) < 4.78 is 6.23. The van der Waals surface area contributed by atoms with Crippen LogP contribution in [-0.2, 0) is 0 Å². The first kappa shape index (κ1) is 26.0. The second kappa shape index (κ2) is 11.7. The number of hydrogen-bond acceptors (Lipinski definition) is 6. The summed E-state index contributed by atoms with van der Waals surface area (Å²) in [6, 6.07) is 4.66. The van der Waals surface area contributed by atoms with E-state index in [2.05, 4.69) is 27.1 Å². The molecule has 0 spiro atoms. The van der Waals surface area contributed by atoms with Gasteiger partial charge in [0, 0.05) is 55.3 Å². The Bertz CT molecular complexity index is 1100. The van der Waals surface area contributed by atoms with E-state index in [9.17, 15) is 14.7 Å². The van der Waals surface area contributed by atoms with Gasteiger partial charge in [0.25, 0.3) is 5.91 Å². The number of nitrogens with one attached hydrogen (secondary N) is 1. The van der Waals surface area contributed by atoms with E-state index in [1.54, 1.807) is 60.6 Å². The van der Waals surface area contributed by atoms with Gasteiger partial charge in [-0.05, 0) is 39.0 Å². The Morgan fingerprint density at radius 3 is 2.63 bits per heavy atom. The van der Waals surface area contributed by atoms with Crippen molar-refractivity contribution in [1.29, 1.82) is 0 Å². The normalized spacial score (nSPS) is 18.4. The summed E-state index contributed by atoms with van der Waals surface area (Å²) in [6.45, 7) is 8.04. The molecule has 1 aliphatic heterocycles. The van der Waals surface area contributed by atoms with Crippen LogP contribution in [0.1, 0.15) is 49.2 Å². The van der Waals surface area contributed by atoms with Gasteiger partial charge in [-0.25, -0.2) is 9.78 Å². The summed E-state index contributed by atoms with van der Waals surface area (Å²) in [5.74, 6) is 5.86. The third kappa shape index (κ3) is 6.70. The molecule has 0 aromatic carbocycles. The van der Waals surface area contributed by atoms with Gasteiger partial charge in [0.05, 0.1) is 19.2 Å². The maximum absolute atomic E-state index is 13.5. The zero-order valence-electron chi connectivity index (χ0n) is 20.9. The summed E-state index contributed by atoms with van der Waals surface area (Å²) in [6.07, 6.45) is 4.47. The number of aliphatic hydroxyl groups excluding tert-OH is 1. The Hall–Kier alpha value is -3.64. The van der Waals surface area contributed by atoms with Crippen LogP contribution in [0, 0.1) is 17.8 Å². The van der Waals surface area contributed by atoms with Crippen molar-refractivity contribution in [3.63, 3.8) is 0 Å². The van der Waals surface area contributed by atoms with Gasteiger partial charge in [-0.1, -0.05) is 18.8 Å². The number of ether oxygens (including phenoxy) is 1. The lowest BCUT2D eigenvalue weighted by molar-refractivity contribution is 0.0351. The van der Waals surface area contributed by atoms with Crippen molar-refractivity contribution in [2.75, 3.05) is 26.7 Å². The van der Waals surface area contributed by atoms with Gasteiger partial charge in [0.2, 0.25) is 5.88 Å². The van der Waals surface area contributed by atoms with E-state index in [1.807, 2.05) is 20.8 Å². The molecule has 2 aromatic rings. The molecule has 1 aliphatic rings. The molecule has 0 bridgehead atoms. The summed E-state index contributed by atoms with van der Waals surface area (Å²) in [5.41, 5.74) is 1.63. The molecule has 3 rings (SSSR count). The zero-order chi connectivity index (χ0) is 25.5. The Labute approximate surface area is 206 Å². The quantitative estimate of drug-likeness (QED) is 0.637. The van der Waals surface area contributed by atoms with Crippen molar-refractivity contribution in [1.82, 2.24) is 25.1 Å². The van der Waals surface area contributed by atoms with Crippen molar-refractivity contribution in [2.45, 2.75) is 45.9 Å². The van der Waals surface area contributed by atoms with Crippen LogP contribution in [0.15, 0.2) is 36.8 Å². The van der Waals surface area contributed by atoms with Gasteiger partial charge in [0.1, 0.15) is 11.7 Å². The Balaban J connectivity index is 1.95. The van der Waals surface area contributed by atoms with Crippen molar-refractivity contribution >= 4 is 11.9 Å². The molecule has 3 atom stereocenters. The van der Waals surface area contributed by atoms with E-state index >= 15 is 0 Å². The minimum Gasteiger partial charge on any atom is -0.472 e. The number of carbonyl (C=O) groups is 2. The number of pyridine rings is 2. The summed E-state index contributed by atoms with van der Waals surface area (Å²) in [7, 11) is 1.71. The maximum atomic E-state index is 13.5. The predicted molar refractivity (Wildman–Crippen MR) is 132 cm³/mol. The highest BCUT2D eigenvalue weighted by atomic mass is 16.5. The van der Waals surface area contributed by atoms with Crippen LogP contribution in [0.4, 0.5) is 4.79 Å². The lowest BCUT2D eigenvalue weighted by Crippen LogP contribution is -2.51. The van der Waals surface area contributed by atoms with Crippen LogP contribution in [0.3, 0.4) is 0 Å². The molecule has 2 aromatic heterocycles. The standard InChI is InChI=1S/C26H33N5O4/c1-17(2)29-26(34)30(5)15-23-18(3)14-31(19(4)16-32)25(33)22-12-21(13-28-24(22)35-23)7-6-20-8-10-27-11-9-20/h8-13,17-19,23,32H,14-16H2,1-5H3,(H,29,34)/t18-,19-,23-/m0/s1. The molecule has 186 valence electrons. The van der Waals surface area contributed by atoms with E-state index in [1.165, 1.54) is 0 Å². The number of rotatable bonds is 5. The fraction of sp³-hybridized carbons (Fsp3) is 0.462. The van der Waals surface area contributed by atoms with Crippen molar-refractivity contribution in [2.24, 2.45) is 5.92 Å². The lowest BCUT2D eigenvalue weighted by atomic mass is 10.00. The van der Waals surface area contributed by atoms with Gasteiger partial charge < -0.3 is 25.0 Å². The molecule has 0 saturated heterocycles. The number of hydrogen-bond donors (Lipinski definition) is 2. The monoisotopic (exact) mass is 479 g/mol. The van der Waals surface area contributed by atoms with E-state index in [0.717, 1.165) is 5.56 Å². The van der Waals surface area contributed by atoms with Crippen molar-refractivity contribution in [3.05, 3.63) is 53.5 Å². The van der Waals surface area contributed by atoms with Crippen molar-refractivity contribution < 1.29 is 19.4 Å². The van der Waals surface area contributed by atoms with E-state index in [0.29, 0.717) is 18.7 Å². The SMILES string of the molecule is CC(C)NC(=O)N(C)C[C@@H]1Oc2ncc(C#Cc3ccncc3)cc2C(=O)N([C@@H](C)CO)C[C@@H]1C. The molecule has 9 heteroatoms. The fourth-order valence-corrected chi connectivity index (χ4v) is 3.68. The van der Waals surface area contributed by atoms with Crippen LogP contribution < -0.4 is 10.1 Å². The van der Waals surface area contributed by atoms with Crippen LogP contribution in [0.25, 0.3) is 0 Å². The first-order chi connectivity index (χ1) is 16.7. The molecule has 9 nitrogen and oxygen atoms in total. The predicted octanol–water partition coefficient (Wildman–Crippen LogP) is 2.15. The smallest absolute Gasteiger partial charge is 0.317 e. The lowest BCUT2D eigenvalue weighted by Gasteiger charge is -2.37. The minimum atomic E-state index is -0.417. The molecule has 0 fully saturated rings. The average Bonchev–Trinajstić information content (AvgIpc) is 2.84. The van der Waals surface area contributed by atoms with Crippen molar-refractivity contribution in [3.8, 4) is 17.7 Å².